The smallest absolute Gasteiger partial charge is 0.0143 e. The maximum Gasteiger partial charge on any atom is 0.0143 e. The Morgan fingerprint density at radius 2 is 2.00 bits per heavy atom. The van der Waals surface area contributed by atoms with Crippen LogP contribution in [0.5, 0.6) is 0 Å². The van der Waals surface area contributed by atoms with Crippen LogP contribution in [0.3, 0.4) is 0 Å². The number of rotatable bonds is 9. The summed E-state index contributed by atoms with van der Waals surface area (Å²) >= 11 is 0. The van der Waals surface area contributed by atoms with Crippen LogP contribution in [-0.4, -0.2) is 12.6 Å². The van der Waals surface area contributed by atoms with Crippen LogP contribution in [0, 0.1) is 0 Å². The predicted octanol–water partition coefficient (Wildman–Crippen LogP) is 2.80. The highest BCUT2D eigenvalue weighted by Crippen LogP contribution is 2.05. The molecule has 0 aliphatic heterocycles. The van der Waals surface area contributed by atoms with Crippen molar-refractivity contribution in [2.45, 2.75) is 58.4 Å². The van der Waals surface area contributed by atoms with Crippen molar-refractivity contribution >= 4 is 0 Å². The Kier molecular flexibility index (Phi) is 8.75. The minimum Gasteiger partial charge on any atom is -0.389 e. The highest BCUT2D eigenvalue weighted by atomic mass is 14.9. The van der Waals surface area contributed by atoms with Gasteiger partial charge in [-0.1, -0.05) is 33.3 Å². The quantitative estimate of drug-likeness (QED) is 0.559. The Morgan fingerprint density at radius 1 is 1.29 bits per heavy atom. The highest BCUT2D eigenvalue weighted by molar-refractivity contribution is 4.91. The van der Waals surface area contributed by atoms with Crippen molar-refractivity contribution in [2.24, 2.45) is 5.73 Å². The lowest BCUT2D eigenvalue weighted by Gasteiger charge is -2.12. The van der Waals surface area contributed by atoms with Gasteiger partial charge in [-0.2, -0.15) is 0 Å². The molecular formula is C12H26N2. The summed E-state index contributed by atoms with van der Waals surface area (Å²) in [5.41, 5.74) is 7.06. The fourth-order valence-electron chi connectivity index (χ4n) is 1.41. The van der Waals surface area contributed by atoms with Crippen LogP contribution in [0.15, 0.2) is 12.3 Å². The molecule has 0 aromatic heterocycles. The van der Waals surface area contributed by atoms with E-state index in [-0.39, 0.29) is 0 Å². The molecule has 0 aliphatic rings. The van der Waals surface area contributed by atoms with Gasteiger partial charge in [-0.15, -0.1) is 0 Å². The van der Waals surface area contributed by atoms with Gasteiger partial charge >= 0.3 is 0 Å². The average Bonchev–Trinajstić information content (AvgIpc) is 2.16. The van der Waals surface area contributed by atoms with Crippen molar-refractivity contribution in [2.75, 3.05) is 6.54 Å². The second-order valence-electron chi connectivity index (χ2n) is 3.97. The third-order valence-electron chi connectivity index (χ3n) is 2.38. The molecule has 0 aromatic rings. The summed E-state index contributed by atoms with van der Waals surface area (Å²) < 4.78 is 0. The van der Waals surface area contributed by atoms with E-state index in [9.17, 15) is 0 Å². The number of hydrogen-bond acceptors (Lipinski definition) is 2. The van der Waals surface area contributed by atoms with Gasteiger partial charge in [-0.25, -0.2) is 0 Å². The van der Waals surface area contributed by atoms with Crippen LogP contribution in [0.25, 0.3) is 0 Å². The van der Waals surface area contributed by atoms with Gasteiger partial charge in [-0.3, -0.25) is 0 Å². The molecule has 0 rings (SSSR count). The highest BCUT2D eigenvalue weighted by Gasteiger charge is 2.01. The predicted molar refractivity (Wildman–Crippen MR) is 64.2 cm³/mol. The second-order valence-corrected chi connectivity index (χ2v) is 3.97. The molecule has 0 aliphatic carbocycles. The third kappa shape index (κ3) is 8.11. The van der Waals surface area contributed by atoms with Gasteiger partial charge in [0.15, 0.2) is 0 Å². The van der Waals surface area contributed by atoms with E-state index < -0.39 is 0 Å². The molecule has 0 amide bonds. The average molecular weight is 198 g/mol. The molecule has 0 fully saturated rings. The van der Waals surface area contributed by atoms with Crippen LogP contribution in [0.4, 0.5) is 0 Å². The fourth-order valence-corrected chi connectivity index (χ4v) is 1.41. The molecule has 0 saturated heterocycles. The minimum absolute atomic E-state index is 0.352. The molecule has 0 aromatic carbocycles. The first kappa shape index (κ1) is 13.5. The van der Waals surface area contributed by atoms with Crippen LogP contribution < -0.4 is 11.1 Å². The van der Waals surface area contributed by atoms with E-state index in [0.717, 1.165) is 31.5 Å². The summed E-state index contributed by atoms with van der Waals surface area (Å²) in [5, 5.41) is 3.33. The fraction of sp³-hybridized carbons (Fsp3) is 0.833. The Balaban J connectivity index is 3.34. The Hall–Kier alpha value is -0.500. The summed E-state index contributed by atoms with van der Waals surface area (Å²) in [5.74, 6) is 0. The maximum absolute atomic E-state index is 5.92. The number of nitrogens with one attached hydrogen (secondary N) is 1. The van der Waals surface area contributed by atoms with Gasteiger partial charge in [0.25, 0.3) is 0 Å². The van der Waals surface area contributed by atoms with Crippen molar-refractivity contribution in [3.05, 3.63) is 12.3 Å². The Labute approximate surface area is 89.0 Å². The van der Waals surface area contributed by atoms with E-state index in [4.69, 9.17) is 5.73 Å². The number of unbranched alkanes of at least 4 members (excludes halogenated alkanes) is 1. The van der Waals surface area contributed by atoms with Crippen molar-refractivity contribution in [3.8, 4) is 0 Å². The minimum atomic E-state index is 0.352. The number of hydrogen-bond donors (Lipinski definition) is 2. The van der Waals surface area contributed by atoms with Gasteiger partial charge in [0, 0.05) is 18.3 Å². The third-order valence-corrected chi connectivity index (χ3v) is 2.38. The lowest BCUT2D eigenvalue weighted by atomic mass is 10.1. The summed E-state index contributed by atoms with van der Waals surface area (Å²) in [6, 6.07) is 0.352. The normalized spacial score (nSPS) is 12.5. The van der Waals surface area contributed by atoms with Gasteiger partial charge in [0.2, 0.25) is 0 Å². The van der Waals surface area contributed by atoms with Gasteiger partial charge in [0.1, 0.15) is 0 Å². The van der Waals surface area contributed by atoms with Crippen molar-refractivity contribution in [1.82, 2.24) is 5.32 Å². The van der Waals surface area contributed by atoms with Crippen LogP contribution >= 0.6 is 0 Å². The standard InChI is InChI=1S/C12H26N2/c1-4-6-10-14-11(3)8-9-12(13)7-5-2/h12,14H,3-10,13H2,1-2H3. The molecule has 2 nitrogen and oxygen atoms in total. The molecule has 1 atom stereocenters. The monoisotopic (exact) mass is 198 g/mol. The summed E-state index contributed by atoms with van der Waals surface area (Å²) in [6.07, 6.45) is 6.84. The molecule has 14 heavy (non-hydrogen) atoms. The molecule has 2 heteroatoms. The molecule has 0 spiro atoms. The molecule has 0 heterocycles. The summed E-state index contributed by atoms with van der Waals surface area (Å²) in [7, 11) is 0. The van der Waals surface area contributed by atoms with E-state index in [0.29, 0.717) is 6.04 Å². The lowest BCUT2D eigenvalue weighted by Crippen LogP contribution is -2.21. The first-order valence-electron chi connectivity index (χ1n) is 5.87. The van der Waals surface area contributed by atoms with Gasteiger partial charge in [0.05, 0.1) is 0 Å². The molecular weight excluding hydrogens is 172 g/mol. The van der Waals surface area contributed by atoms with Gasteiger partial charge in [-0.05, 0) is 25.7 Å². The Bertz CT molecular complexity index is 143. The topological polar surface area (TPSA) is 38.0 Å². The molecule has 1 unspecified atom stereocenters. The van der Waals surface area contributed by atoms with E-state index in [2.05, 4.69) is 25.7 Å². The van der Waals surface area contributed by atoms with Crippen molar-refractivity contribution in [3.63, 3.8) is 0 Å². The number of allylic oxidation sites excluding steroid dienone is 1. The second kappa shape index (κ2) is 9.07. The molecule has 0 bridgehead atoms. The molecule has 0 radical (unpaired) electrons. The zero-order valence-electron chi connectivity index (χ0n) is 9.81. The summed E-state index contributed by atoms with van der Waals surface area (Å²) in [6.45, 7) is 9.42. The largest absolute Gasteiger partial charge is 0.389 e. The van der Waals surface area contributed by atoms with Crippen LogP contribution in [0.1, 0.15) is 52.4 Å². The first-order chi connectivity index (χ1) is 6.70. The summed E-state index contributed by atoms with van der Waals surface area (Å²) in [4.78, 5) is 0. The van der Waals surface area contributed by atoms with Gasteiger partial charge < -0.3 is 11.1 Å². The van der Waals surface area contributed by atoms with E-state index >= 15 is 0 Å². The van der Waals surface area contributed by atoms with Crippen molar-refractivity contribution < 1.29 is 0 Å². The lowest BCUT2D eigenvalue weighted by molar-refractivity contribution is 0.547. The molecule has 84 valence electrons. The van der Waals surface area contributed by atoms with Crippen molar-refractivity contribution in [1.29, 1.82) is 0 Å². The Morgan fingerprint density at radius 3 is 2.57 bits per heavy atom. The maximum atomic E-state index is 5.92. The number of nitrogens with two attached hydrogens (primary N) is 1. The van der Waals surface area contributed by atoms with E-state index in [1.165, 1.54) is 19.3 Å². The van der Waals surface area contributed by atoms with Crippen LogP contribution in [-0.2, 0) is 0 Å². The SMILES string of the molecule is C=C(CCC(N)CCC)NCCCC. The van der Waals surface area contributed by atoms with E-state index in [1.54, 1.807) is 0 Å². The zero-order valence-corrected chi connectivity index (χ0v) is 9.81. The zero-order chi connectivity index (χ0) is 10.8. The van der Waals surface area contributed by atoms with Crippen LogP contribution in [0.2, 0.25) is 0 Å². The van der Waals surface area contributed by atoms with E-state index in [1.807, 2.05) is 0 Å². The molecule has 0 saturated carbocycles. The molecule has 3 N–H and O–H groups in total. The first-order valence-corrected chi connectivity index (χ1v) is 5.87.